The average molecular weight is 306 g/mol. The zero-order chi connectivity index (χ0) is 10.8. The minimum atomic E-state index is -0.188. The van der Waals surface area contributed by atoms with Gasteiger partial charge >= 0.3 is 0 Å². The minimum Gasteiger partial charge on any atom is -0.496 e. The van der Waals surface area contributed by atoms with E-state index in [0.717, 1.165) is 14.9 Å². The van der Waals surface area contributed by atoms with Crippen LogP contribution < -0.4 is 4.74 Å². The molecule has 3 heteroatoms. The maximum atomic E-state index is 9.23. The molecule has 0 saturated carbocycles. The van der Waals surface area contributed by atoms with E-state index in [1.165, 1.54) is 0 Å². The van der Waals surface area contributed by atoms with Gasteiger partial charge in [0.05, 0.1) is 17.3 Å². The standard InChI is InChI=1S/C11H15IO2/c1-11(2,7-13)8-4-5-10(14-3)9(12)6-8/h4-6,13H,7H2,1-3H3. The summed E-state index contributed by atoms with van der Waals surface area (Å²) in [6, 6.07) is 5.99. The molecule has 0 atom stereocenters. The maximum absolute atomic E-state index is 9.23. The molecular formula is C11H15IO2. The molecule has 0 saturated heterocycles. The molecule has 78 valence electrons. The van der Waals surface area contributed by atoms with Crippen LogP contribution in [-0.4, -0.2) is 18.8 Å². The van der Waals surface area contributed by atoms with Gasteiger partial charge in [-0.1, -0.05) is 19.9 Å². The molecule has 1 aromatic carbocycles. The van der Waals surface area contributed by atoms with Crippen LogP contribution in [0.2, 0.25) is 0 Å². The van der Waals surface area contributed by atoms with Crippen molar-refractivity contribution < 1.29 is 9.84 Å². The largest absolute Gasteiger partial charge is 0.496 e. The highest BCUT2D eigenvalue weighted by molar-refractivity contribution is 14.1. The monoisotopic (exact) mass is 306 g/mol. The second kappa shape index (κ2) is 4.49. The molecule has 0 fully saturated rings. The van der Waals surface area contributed by atoms with E-state index >= 15 is 0 Å². The number of aliphatic hydroxyl groups excluding tert-OH is 1. The molecule has 0 aliphatic heterocycles. The van der Waals surface area contributed by atoms with Crippen LogP contribution in [0.4, 0.5) is 0 Å². The smallest absolute Gasteiger partial charge is 0.132 e. The fourth-order valence-electron chi connectivity index (χ4n) is 1.18. The summed E-state index contributed by atoms with van der Waals surface area (Å²) in [5, 5.41) is 9.23. The predicted octanol–water partition coefficient (Wildman–Crippen LogP) is 2.57. The SMILES string of the molecule is COc1ccc(C(C)(C)CO)cc1I. The van der Waals surface area contributed by atoms with E-state index in [2.05, 4.69) is 28.7 Å². The van der Waals surface area contributed by atoms with Gasteiger partial charge in [0.15, 0.2) is 0 Å². The number of halogens is 1. The summed E-state index contributed by atoms with van der Waals surface area (Å²) >= 11 is 2.24. The Bertz CT molecular complexity index is 321. The lowest BCUT2D eigenvalue weighted by atomic mass is 9.86. The number of ether oxygens (including phenoxy) is 1. The van der Waals surface area contributed by atoms with Gasteiger partial charge < -0.3 is 9.84 Å². The molecule has 0 radical (unpaired) electrons. The molecule has 0 aliphatic carbocycles. The second-order valence-corrected chi connectivity index (χ2v) is 5.05. The van der Waals surface area contributed by atoms with Crippen LogP contribution >= 0.6 is 22.6 Å². The molecule has 1 N–H and O–H groups in total. The Labute approximate surface area is 98.4 Å². The van der Waals surface area contributed by atoms with E-state index in [-0.39, 0.29) is 12.0 Å². The van der Waals surface area contributed by atoms with Gasteiger partial charge in [0.1, 0.15) is 5.75 Å². The zero-order valence-electron chi connectivity index (χ0n) is 8.67. The van der Waals surface area contributed by atoms with Crippen molar-refractivity contribution in [3.05, 3.63) is 27.3 Å². The van der Waals surface area contributed by atoms with E-state index in [4.69, 9.17) is 4.74 Å². The van der Waals surface area contributed by atoms with Crippen LogP contribution in [0, 0.1) is 3.57 Å². The molecular weight excluding hydrogens is 291 g/mol. The molecule has 0 bridgehead atoms. The number of hydrogen-bond acceptors (Lipinski definition) is 2. The summed E-state index contributed by atoms with van der Waals surface area (Å²) in [6.45, 7) is 4.19. The number of aliphatic hydroxyl groups is 1. The van der Waals surface area contributed by atoms with Gasteiger partial charge in [-0.2, -0.15) is 0 Å². The van der Waals surface area contributed by atoms with Crippen LogP contribution in [0.3, 0.4) is 0 Å². The van der Waals surface area contributed by atoms with Crippen molar-refractivity contribution in [3.63, 3.8) is 0 Å². The first-order valence-electron chi connectivity index (χ1n) is 4.46. The molecule has 0 aromatic heterocycles. The van der Waals surface area contributed by atoms with E-state index < -0.39 is 0 Å². The highest BCUT2D eigenvalue weighted by atomic mass is 127. The van der Waals surface area contributed by atoms with Crippen molar-refractivity contribution in [2.24, 2.45) is 0 Å². The lowest BCUT2D eigenvalue weighted by Crippen LogP contribution is -2.22. The van der Waals surface area contributed by atoms with E-state index in [9.17, 15) is 5.11 Å². The normalized spacial score (nSPS) is 11.5. The number of rotatable bonds is 3. The summed E-state index contributed by atoms with van der Waals surface area (Å²) in [7, 11) is 1.66. The van der Waals surface area contributed by atoms with Gasteiger partial charge in [-0.25, -0.2) is 0 Å². The predicted molar refractivity (Wildman–Crippen MR) is 65.8 cm³/mol. The van der Waals surface area contributed by atoms with Crippen LogP contribution in [0.5, 0.6) is 5.75 Å². The van der Waals surface area contributed by atoms with Crippen molar-refractivity contribution >= 4 is 22.6 Å². The second-order valence-electron chi connectivity index (χ2n) is 3.89. The fourth-order valence-corrected chi connectivity index (χ4v) is 1.91. The third-order valence-corrected chi connectivity index (χ3v) is 3.17. The van der Waals surface area contributed by atoms with Crippen LogP contribution in [0.15, 0.2) is 18.2 Å². The molecule has 1 aromatic rings. The third kappa shape index (κ3) is 2.39. The average Bonchev–Trinajstić information content (AvgIpc) is 2.17. The highest BCUT2D eigenvalue weighted by Gasteiger charge is 2.20. The Morgan fingerprint density at radius 3 is 2.50 bits per heavy atom. The third-order valence-electron chi connectivity index (χ3n) is 2.33. The Balaban J connectivity index is 3.08. The number of benzene rings is 1. The van der Waals surface area contributed by atoms with Gasteiger partial charge in [0.25, 0.3) is 0 Å². The first-order valence-corrected chi connectivity index (χ1v) is 5.54. The summed E-state index contributed by atoms with van der Waals surface area (Å²) in [5.41, 5.74) is 0.942. The zero-order valence-corrected chi connectivity index (χ0v) is 10.8. The summed E-state index contributed by atoms with van der Waals surface area (Å²) < 4.78 is 6.25. The Hall–Kier alpha value is -0.290. The van der Waals surface area contributed by atoms with Crippen LogP contribution in [0.1, 0.15) is 19.4 Å². The Morgan fingerprint density at radius 2 is 2.07 bits per heavy atom. The van der Waals surface area contributed by atoms with Gasteiger partial charge in [-0.15, -0.1) is 0 Å². The van der Waals surface area contributed by atoms with Crippen molar-refractivity contribution in [1.29, 1.82) is 0 Å². The van der Waals surface area contributed by atoms with E-state index in [1.54, 1.807) is 7.11 Å². The first kappa shape index (κ1) is 11.8. The molecule has 2 nitrogen and oxygen atoms in total. The first-order chi connectivity index (χ1) is 6.51. The lowest BCUT2D eigenvalue weighted by molar-refractivity contribution is 0.218. The van der Waals surface area contributed by atoms with Gasteiger partial charge in [-0.05, 0) is 40.3 Å². The minimum absolute atomic E-state index is 0.148. The van der Waals surface area contributed by atoms with Crippen molar-refractivity contribution in [2.75, 3.05) is 13.7 Å². The van der Waals surface area contributed by atoms with Gasteiger partial charge in [0, 0.05) is 5.41 Å². The Morgan fingerprint density at radius 1 is 1.43 bits per heavy atom. The van der Waals surface area contributed by atoms with Crippen molar-refractivity contribution in [1.82, 2.24) is 0 Å². The van der Waals surface area contributed by atoms with Crippen molar-refractivity contribution in [2.45, 2.75) is 19.3 Å². The highest BCUT2D eigenvalue weighted by Crippen LogP contribution is 2.28. The summed E-state index contributed by atoms with van der Waals surface area (Å²) in [6.07, 6.45) is 0. The van der Waals surface area contributed by atoms with E-state index in [0.29, 0.717) is 0 Å². The quantitative estimate of drug-likeness (QED) is 0.870. The molecule has 0 aliphatic rings. The molecule has 0 amide bonds. The Kier molecular flexibility index (Phi) is 3.78. The topological polar surface area (TPSA) is 29.5 Å². The summed E-state index contributed by atoms with van der Waals surface area (Å²) in [4.78, 5) is 0. The van der Waals surface area contributed by atoms with E-state index in [1.807, 2.05) is 26.0 Å². The summed E-state index contributed by atoms with van der Waals surface area (Å²) in [5.74, 6) is 0.878. The maximum Gasteiger partial charge on any atom is 0.132 e. The van der Waals surface area contributed by atoms with Crippen LogP contribution in [0.25, 0.3) is 0 Å². The van der Waals surface area contributed by atoms with Crippen LogP contribution in [-0.2, 0) is 5.41 Å². The van der Waals surface area contributed by atoms with Crippen molar-refractivity contribution in [3.8, 4) is 5.75 Å². The molecule has 0 unspecified atom stereocenters. The molecule has 0 spiro atoms. The number of methoxy groups -OCH3 is 1. The number of hydrogen-bond donors (Lipinski definition) is 1. The van der Waals surface area contributed by atoms with Gasteiger partial charge in [0.2, 0.25) is 0 Å². The molecule has 1 rings (SSSR count). The molecule has 0 heterocycles. The van der Waals surface area contributed by atoms with Gasteiger partial charge in [-0.3, -0.25) is 0 Å². The lowest BCUT2D eigenvalue weighted by Gasteiger charge is -2.22. The molecule has 14 heavy (non-hydrogen) atoms. The fraction of sp³-hybridized carbons (Fsp3) is 0.455.